The van der Waals surface area contributed by atoms with Gasteiger partial charge in [0.2, 0.25) is 0 Å². The van der Waals surface area contributed by atoms with Crippen LogP contribution < -0.4 is 20.4 Å². The Bertz CT molecular complexity index is 1060. The molecule has 0 atom stereocenters. The Hall–Kier alpha value is -3.61. The van der Waals surface area contributed by atoms with Gasteiger partial charge >= 0.3 is 11.6 Å². The average Bonchev–Trinajstić information content (AvgIpc) is 2.72. The minimum atomic E-state index is -0.748. The molecule has 7 nitrogen and oxygen atoms in total. The van der Waals surface area contributed by atoms with E-state index in [1.807, 2.05) is 13.0 Å². The van der Waals surface area contributed by atoms with Gasteiger partial charge in [-0.1, -0.05) is 31.5 Å². The summed E-state index contributed by atoms with van der Waals surface area (Å²) in [5, 5.41) is 3.24. The van der Waals surface area contributed by atoms with Crippen molar-refractivity contribution in [1.29, 1.82) is 0 Å². The molecule has 3 rings (SSSR count). The van der Waals surface area contributed by atoms with Gasteiger partial charge in [0, 0.05) is 18.0 Å². The van der Waals surface area contributed by atoms with Crippen LogP contribution in [0.1, 0.15) is 30.1 Å². The van der Waals surface area contributed by atoms with E-state index in [0.29, 0.717) is 17.7 Å². The van der Waals surface area contributed by atoms with Crippen LogP contribution in [0, 0.1) is 0 Å². The molecule has 29 heavy (non-hydrogen) atoms. The zero-order valence-electron chi connectivity index (χ0n) is 16.0. The lowest BCUT2D eigenvalue weighted by atomic mass is 10.1. The molecule has 1 amide bonds. The number of nitrogens with one attached hydrogen (secondary N) is 1. The molecule has 0 spiro atoms. The van der Waals surface area contributed by atoms with Crippen molar-refractivity contribution in [3.63, 3.8) is 0 Å². The first-order valence-electron chi connectivity index (χ1n) is 9.31. The van der Waals surface area contributed by atoms with E-state index in [1.54, 1.807) is 36.4 Å². The van der Waals surface area contributed by atoms with Crippen LogP contribution in [0.3, 0.4) is 0 Å². The van der Waals surface area contributed by atoms with Crippen molar-refractivity contribution in [3.05, 3.63) is 70.6 Å². The molecule has 150 valence electrons. The van der Waals surface area contributed by atoms with E-state index in [2.05, 4.69) is 5.32 Å². The van der Waals surface area contributed by atoms with E-state index < -0.39 is 17.5 Å². The Labute approximate surface area is 167 Å². The van der Waals surface area contributed by atoms with Gasteiger partial charge in [-0.05, 0) is 36.8 Å². The molecule has 0 bridgehead atoms. The van der Waals surface area contributed by atoms with Crippen molar-refractivity contribution in [3.8, 4) is 11.5 Å². The number of hydrogen-bond acceptors (Lipinski definition) is 6. The molecule has 0 aliphatic heterocycles. The van der Waals surface area contributed by atoms with Gasteiger partial charge in [-0.25, -0.2) is 9.59 Å². The molecule has 0 saturated heterocycles. The smallest absolute Gasteiger partial charge is 0.349 e. The maximum absolute atomic E-state index is 12.1. The predicted octanol–water partition coefficient (Wildman–Crippen LogP) is 3.31. The first-order valence-corrected chi connectivity index (χ1v) is 9.31. The molecule has 0 fully saturated rings. The van der Waals surface area contributed by atoms with Gasteiger partial charge < -0.3 is 19.2 Å². The largest absolute Gasteiger partial charge is 0.482 e. The van der Waals surface area contributed by atoms with E-state index >= 15 is 0 Å². The number of carbonyl (C=O) groups is 2. The van der Waals surface area contributed by atoms with Gasteiger partial charge in [-0.2, -0.15) is 0 Å². The maximum Gasteiger partial charge on any atom is 0.349 e. The highest BCUT2D eigenvalue weighted by atomic mass is 16.6. The third-order valence-electron chi connectivity index (χ3n) is 4.10. The second-order valence-corrected chi connectivity index (χ2v) is 6.33. The first kappa shape index (κ1) is 20.1. The van der Waals surface area contributed by atoms with Gasteiger partial charge in [0.05, 0.1) is 0 Å². The quantitative estimate of drug-likeness (QED) is 0.272. The molecule has 7 heteroatoms. The maximum atomic E-state index is 12.1. The Morgan fingerprint density at radius 2 is 1.83 bits per heavy atom. The highest BCUT2D eigenvalue weighted by Gasteiger charge is 2.14. The summed E-state index contributed by atoms with van der Waals surface area (Å²) >= 11 is 0. The van der Waals surface area contributed by atoms with E-state index in [1.165, 1.54) is 12.1 Å². The fourth-order valence-corrected chi connectivity index (χ4v) is 2.61. The number of carbonyl (C=O) groups excluding carboxylic acids is 2. The Balaban J connectivity index is 1.68. The van der Waals surface area contributed by atoms with Crippen LogP contribution in [0.2, 0.25) is 0 Å². The van der Waals surface area contributed by atoms with Crippen molar-refractivity contribution < 1.29 is 23.5 Å². The van der Waals surface area contributed by atoms with Crippen LogP contribution in [0.25, 0.3) is 11.0 Å². The molecular formula is C22H21NO6. The van der Waals surface area contributed by atoms with Crippen molar-refractivity contribution in [2.75, 3.05) is 13.2 Å². The minimum absolute atomic E-state index is 0.0605. The van der Waals surface area contributed by atoms with Crippen molar-refractivity contribution in [2.24, 2.45) is 0 Å². The number of amides is 1. The lowest BCUT2D eigenvalue weighted by molar-refractivity contribution is -0.136. The molecular weight excluding hydrogens is 374 g/mol. The van der Waals surface area contributed by atoms with Crippen LogP contribution in [-0.4, -0.2) is 25.0 Å². The number of unbranched alkanes of at least 4 members (excludes halogenated alkanes) is 1. The summed E-state index contributed by atoms with van der Waals surface area (Å²) in [5.41, 5.74) is -0.591. The molecule has 1 N–H and O–H groups in total. The van der Waals surface area contributed by atoms with Crippen LogP contribution in [0.4, 0.5) is 0 Å². The summed E-state index contributed by atoms with van der Waals surface area (Å²) in [6, 6.07) is 15.0. The van der Waals surface area contributed by atoms with Gasteiger partial charge in [-0.3, -0.25) is 4.79 Å². The highest BCUT2D eigenvalue weighted by Crippen LogP contribution is 2.21. The fraction of sp³-hybridized carbons (Fsp3) is 0.227. The Morgan fingerprint density at radius 1 is 1.03 bits per heavy atom. The predicted molar refractivity (Wildman–Crippen MR) is 107 cm³/mol. The lowest BCUT2D eigenvalue weighted by Crippen LogP contribution is -2.28. The molecule has 0 aliphatic carbocycles. The van der Waals surface area contributed by atoms with Gasteiger partial charge in [0.25, 0.3) is 5.91 Å². The second-order valence-electron chi connectivity index (χ2n) is 6.33. The van der Waals surface area contributed by atoms with Crippen molar-refractivity contribution >= 4 is 22.8 Å². The molecule has 0 radical (unpaired) electrons. The number of fused-ring (bicyclic) bond motifs is 1. The number of esters is 1. The zero-order chi connectivity index (χ0) is 20.6. The van der Waals surface area contributed by atoms with Crippen LogP contribution in [0.15, 0.2) is 63.8 Å². The Kier molecular flexibility index (Phi) is 6.63. The summed E-state index contributed by atoms with van der Waals surface area (Å²) in [4.78, 5) is 36.2. The van der Waals surface area contributed by atoms with E-state index in [4.69, 9.17) is 13.9 Å². The van der Waals surface area contributed by atoms with Gasteiger partial charge in [-0.15, -0.1) is 0 Å². The fourth-order valence-electron chi connectivity index (χ4n) is 2.61. The zero-order valence-corrected chi connectivity index (χ0v) is 16.0. The minimum Gasteiger partial charge on any atom is -0.482 e. The average molecular weight is 395 g/mol. The molecule has 2 aromatic carbocycles. The molecule has 0 aliphatic rings. The van der Waals surface area contributed by atoms with E-state index in [0.717, 1.165) is 12.8 Å². The summed E-state index contributed by atoms with van der Waals surface area (Å²) in [5.74, 6) is -0.300. The SMILES string of the molecule is CCCCNC(=O)c1cc2ccc(OC(=O)COc3ccccc3)cc2oc1=O. The summed E-state index contributed by atoms with van der Waals surface area (Å²) in [6.45, 7) is 2.24. The molecule has 0 saturated carbocycles. The standard InChI is InChI=1S/C22H21NO6/c1-2-3-11-23-21(25)18-12-15-9-10-17(13-19(15)29-22(18)26)28-20(24)14-27-16-7-5-4-6-8-16/h4-10,12-13H,2-3,11,14H2,1H3,(H,23,25). The lowest BCUT2D eigenvalue weighted by Gasteiger charge is -2.08. The molecule has 1 heterocycles. The second kappa shape index (κ2) is 9.54. The normalized spacial score (nSPS) is 10.5. The van der Waals surface area contributed by atoms with Gasteiger partial charge in [0.15, 0.2) is 6.61 Å². The summed E-state index contributed by atoms with van der Waals surface area (Å²) in [6.07, 6.45) is 1.76. The number of benzene rings is 2. The van der Waals surface area contributed by atoms with Crippen LogP contribution in [-0.2, 0) is 4.79 Å². The number of hydrogen-bond donors (Lipinski definition) is 1. The van der Waals surface area contributed by atoms with Crippen molar-refractivity contribution in [1.82, 2.24) is 5.32 Å². The Morgan fingerprint density at radius 3 is 2.59 bits per heavy atom. The van der Waals surface area contributed by atoms with E-state index in [9.17, 15) is 14.4 Å². The topological polar surface area (TPSA) is 94.8 Å². The van der Waals surface area contributed by atoms with Crippen LogP contribution in [0.5, 0.6) is 11.5 Å². The molecule has 1 aromatic heterocycles. The molecule has 0 unspecified atom stereocenters. The number of ether oxygens (including phenoxy) is 2. The van der Waals surface area contributed by atoms with E-state index in [-0.39, 0.29) is 23.5 Å². The number of para-hydroxylation sites is 1. The van der Waals surface area contributed by atoms with Gasteiger partial charge in [0.1, 0.15) is 22.6 Å². The van der Waals surface area contributed by atoms with Crippen molar-refractivity contribution in [2.45, 2.75) is 19.8 Å². The highest BCUT2D eigenvalue weighted by molar-refractivity contribution is 5.96. The number of rotatable bonds is 8. The summed E-state index contributed by atoms with van der Waals surface area (Å²) < 4.78 is 15.8. The first-order chi connectivity index (χ1) is 14.1. The van der Waals surface area contributed by atoms with Crippen LogP contribution >= 0.6 is 0 Å². The third-order valence-corrected chi connectivity index (χ3v) is 4.10. The molecule has 3 aromatic rings. The summed E-state index contributed by atoms with van der Waals surface area (Å²) in [7, 11) is 0. The monoisotopic (exact) mass is 395 g/mol. The third kappa shape index (κ3) is 5.44.